The van der Waals surface area contributed by atoms with E-state index in [-0.39, 0.29) is 5.56 Å². The van der Waals surface area contributed by atoms with Crippen LogP contribution in [0.15, 0.2) is 35.1 Å². The molecule has 2 aromatic heterocycles. The lowest BCUT2D eigenvalue weighted by atomic mass is 10.2. The number of fused-ring (bicyclic) bond motifs is 3. The van der Waals surface area contributed by atoms with Crippen LogP contribution in [0.3, 0.4) is 0 Å². The Bertz CT molecular complexity index is 724. The van der Waals surface area contributed by atoms with Crippen LogP contribution < -0.4 is 10.9 Å². The molecule has 0 aliphatic carbocycles. The van der Waals surface area contributed by atoms with Crippen LogP contribution in [0.5, 0.6) is 0 Å². The van der Waals surface area contributed by atoms with Crippen molar-refractivity contribution >= 4 is 27.6 Å². The molecule has 3 N–H and O–H groups in total. The molecule has 0 unspecified atom stereocenters. The quantitative estimate of drug-likeness (QED) is 0.579. The number of nitrogens with one attached hydrogen (secondary N) is 3. The minimum absolute atomic E-state index is 0.0899. The second-order valence-electron chi connectivity index (χ2n) is 3.75. The Kier molecular flexibility index (Phi) is 1.77. The lowest BCUT2D eigenvalue weighted by molar-refractivity contribution is 1.27. The van der Waals surface area contributed by atoms with Crippen molar-refractivity contribution < 1.29 is 0 Å². The summed E-state index contributed by atoms with van der Waals surface area (Å²) < 4.78 is 0. The molecular weight excluding hydrogens is 202 g/mol. The second kappa shape index (κ2) is 3.13. The molecule has 80 valence electrons. The van der Waals surface area contributed by atoms with Gasteiger partial charge in [-0.1, -0.05) is 6.07 Å². The summed E-state index contributed by atoms with van der Waals surface area (Å²) in [4.78, 5) is 17.2. The summed E-state index contributed by atoms with van der Waals surface area (Å²) in [6.07, 6.45) is 0. The fourth-order valence-electron chi connectivity index (χ4n) is 1.97. The van der Waals surface area contributed by atoms with Gasteiger partial charge in [-0.15, -0.1) is 0 Å². The molecule has 3 rings (SSSR count). The van der Waals surface area contributed by atoms with Gasteiger partial charge in [-0.3, -0.25) is 4.79 Å². The van der Waals surface area contributed by atoms with Gasteiger partial charge in [-0.2, -0.15) is 0 Å². The van der Waals surface area contributed by atoms with Crippen molar-refractivity contribution in [3.63, 3.8) is 0 Å². The van der Waals surface area contributed by atoms with E-state index in [1.165, 1.54) is 0 Å². The number of hydrogen-bond donors (Lipinski definition) is 3. The largest absolute Gasteiger partial charge is 0.388 e. The molecule has 4 heteroatoms. The van der Waals surface area contributed by atoms with Crippen LogP contribution in [0.4, 0.5) is 5.69 Å². The topological polar surface area (TPSA) is 60.7 Å². The summed E-state index contributed by atoms with van der Waals surface area (Å²) in [5.41, 5.74) is 2.74. The van der Waals surface area contributed by atoms with Crippen LogP contribution >= 0.6 is 0 Å². The highest BCUT2D eigenvalue weighted by molar-refractivity contribution is 6.06. The zero-order valence-corrected chi connectivity index (χ0v) is 8.79. The molecule has 1 aromatic carbocycles. The van der Waals surface area contributed by atoms with Crippen molar-refractivity contribution in [2.24, 2.45) is 0 Å². The van der Waals surface area contributed by atoms with Crippen molar-refractivity contribution in [2.75, 3.05) is 12.4 Å². The van der Waals surface area contributed by atoms with E-state index in [4.69, 9.17) is 0 Å². The number of H-pyrrole nitrogens is 2. The van der Waals surface area contributed by atoms with Gasteiger partial charge in [0.05, 0.1) is 0 Å². The molecule has 0 atom stereocenters. The van der Waals surface area contributed by atoms with E-state index >= 15 is 0 Å². The average Bonchev–Trinajstić information content (AvgIpc) is 2.64. The molecule has 0 saturated heterocycles. The minimum atomic E-state index is -0.0899. The molecule has 0 aliphatic rings. The summed E-state index contributed by atoms with van der Waals surface area (Å²) in [6, 6.07) is 9.46. The van der Waals surface area contributed by atoms with E-state index < -0.39 is 0 Å². The van der Waals surface area contributed by atoms with Gasteiger partial charge in [-0.05, 0) is 18.2 Å². The van der Waals surface area contributed by atoms with E-state index in [1.807, 2.05) is 31.3 Å². The zero-order valence-electron chi connectivity index (χ0n) is 8.79. The van der Waals surface area contributed by atoms with Gasteiger partial charge in [-0.25, -0.2) is 0 Å². The summed E-state index contributed by atoms with van der Waals surface area (Å²) >= 11 is 0. The first-order chi connectivity index (χ1) is 7.78. The molecule has 16 heavy (non-hydrogen) atoms. The predicted molar refractivity (Wildman–Crippen MR) is 66.0 cm³/mol. The summed E-state index contributed by atoms with van der Waals surface area (Å²) in [6.45, 7) is 0. The van der Waals surface area contributed by atoms with E-state index in [0.717, 1.165) is 27.6 Å². The fraction of sp³-hybridized carbons (Fsp3) is 0.0833. The number of benzene rings is 1. The third-order valence-corrected chi connectivity index (χ3v) is 2.78. The highest BCUT2D eigenvalue weighted by Gasteiger charge is 2.04. The third-order valence-electron chi connectivity index (χ3n) is 2.78. The summed E-state index contributed by atoms with van der Waals surface area (Å²) in [5.74, 6) is 0. The minimum Gasteiger partial charge on any atom is -0.388 e. The highest BCUT2D eigenvalue weighted by Crippen LogP contribution is 2.25. The number of aromatic nitrogens is 2. The molecular formula is C12H11N3O. The third kappa shape index (κ3) is 1.20. The number of rotatable bonds is 1. The molecule has 0 radical (unpaired) electrons. The first kappa shape index (κ1) is 9.03. The molecule has 0 bridgehead atoms. The van der Waals surface area contributed by atoms with Crippen molar-refractivity contribution in [2.45, 2.75) is 0 Å². The fourth-order valence-corrected chi connectivity index (χ4v) is 1.97. The van der Waals surface area contributed by atoms with Crippen LogP contribution in [0.25, 0.3) is 21.9 Å². The van der Waals surface area contributed by atoms with Gasteiger partial charge >= 0.3 is 0 Å². The molecule has 0 amide bonds. The predicted octanol–water partition coefficient (Wildman–Crippen LogP) is 2.05. The molecule has 0 spiro atoms. The molecule has 0 aliphatic heterocycles. The number of pyridine rings is 1. The first-order valence-corrected chi connectivity index (χ1v) is 5.10. The Labute approximate surface area is 91.3 Å². The van der Waals surface area contributed by atoms with Crippen molar-refractivity contribution in [3.05, 3.63) is 40.7 Å². The molecule has 2 heterocycles. The van der Waals surface area contributed by atoms with Crippen LogP contribution in [-0.4, -0.2) is 17.0 Å². The summed E-state index contributed by atoms with van der Waals surface area (Å²) in [5, 5.41) is 5.24. The standard InChI is InChI=1S/C12H11N3O/c1-13-7-2-3-8-9-4-5-11(16)15-12(9)14-10(8)6-7/h2-6,13H,1H3,(H2,14,15,16). The first-order valence-electron chi connectivity index (χ1n) is 5.10. The summed E-state index contributed by atoms with van der Waals surface area (Å²) in [7, 11) is 1.88. The maximum atomic E-state index is 11.2. The maximum absolute atomic E-state index is 11.2. The zero-order chi connectivity index (χ0) is 11.1. The van der Waals surface area contributed by atoms with E-state index in [0.29, 0.717) is 0 Å². The number of anilines is 1. The van der Waals surface area contributed by atoms with Gasteiger partial charge in [0.2, 0.25) is 5.56 Å². The molecule has 0 fully saturated rings. The van der Waals surface area contributed by atoms with Crippen LogP contribution in [-0.2, 0) is 0 Å². The number of aromatic amines is 2. The molecule has 3 aromatic rings. The van der Waals surface area contributed by atoms with Crippen molar-refractivity contribution in [1.82, 2.24) is 9.97 Å². The van der Waals surface area contributed by atoms with E-state index in [1.54, 1.807) is 6.07 Å². The SMILES string of the molecule is CNc1ccc2c(c1)[nH]c1[nH]c(=O)ccc12. The van der Waals surface area contributed by atoms with Gasteiger partial charge in [0.15, 0.2) is 0 Å². The van der Waals surface area contributed by atoms with E-state index in [9.17, 15) is 4.79 Å². The lowest BCUT2D eigenvalue weighted by Crippen LogP contribution is -2.01. The molecule has 4 nitrogen and oxygen atoms in total. The lowest BCUT2D eigenvalue weighted by Gasteiger charge is -1.98. The van der Waals surface area contributed by atoms with Crippen LogP contribution in [0, 0.1) is 0 Å². The Hall–Kier alpha value is -2.23. The maximum Gasteiger partial charge on any atom is 0.249 e. The van der Waals surface area contributed by atoms with E-state index in [2.05, 4.69) is 15.3 Å². The van der Waals surface area contributed by atoms with Gasteiger partial charge in [0.1, 0.15) is 5.65 Å². The smallest absolute Gasteiger partial charge is 0.249 e. The normalized spacial score (nSPS) is 11.1. The Morgan fingerprint density at radius 3 is 2.69 bits per heavy atom. The van der Waals surface area contributed by atoms with Gasteiger partial charge in [0, 0.05) is 35.1 Å². The Balaban J connectivity index is 2.45. The molecule has 0 saturated carbocycles. The van der Waals surface area contributed by atoms with Crippen molar-refractivity contribution in [1.29, 1.82) is 0 Å². The number of hydrogen-bond acceptors (Lipinski definition) is 2. The van der Waals surface area contributed by atoms with Crippen LogP contribution in [0.1, 0.15) is 0 Å². The van der Waals surface area contributed by atoms with Crippen LogP contribution in [0.2, 0.25) is 0 Å². The monoisotopic (exact) mass is 213 g/mol. The van der Waals surface area contributed by atoms with Gasteiger partial charge in [0.25, 0.3) is 0 Å². The second-order valence-corrected chi connectivity index (χ2v) is 3.75. The highest BCUT2D eigenvalue weighted by atomic mass is 16.1. The van der Waals surface area contributed by atoms with Crippen molar-refractivity contribution in [3.8, 4) is 0 Å². The van der Waals surface area contributed by atoms with Gasteiger partial charge < -0.3 is 15.3 Å². The Morgan fingerprint density at radius 2 is 1.88 bits per heavy atom. The average molecular weight is 213 g/mol. The Morgan fingerprint density at radius 1 is 1.06 bits per heavy atom.